The molecule has 2 aliphatic carbocycles. The van der Waals surface area contributed by atoms with E-state index < -0.39 is 0 Å². The molecule has 4 rings (SSSR count). The van der Waals surface area contributed by atoms with Gasteiger partial charge in [0, 0.05) is 31.4 Å². The highest BCUT2D eigenvalue weighted by Gasteiger charge is 2.54. The van der Waals surface area contributed by atoms with Gasteiger partial charge in [-0.25, -0.2) is 4.98 Å². The highest BCUT2D eigenvalue weighted by atomic mass is 32.1. The Hall–Kier alpha value is -1.88. The van der Waals surface area contributed by atoms with E-state index in [2.05, 4.69) is 58.7 Å². The van der Waals surface area contributed by atoms with E-state index in [1.54, 1.807) is 22.5 Å². The molecular weight excluding hydrogens is 328 g/mol. The van der Waals surface area contributed by atoms with Crippen LogP contribution < -0.4 is 10.6 Å². The molecule has 0 aliphatic heterocycles. The van der Waals surface area contributed by atoms with Crippen LogP contribution in [-0.4, -0.2) is 31.1 Å². The predicted molar refractivity (Wildman–Crippen MR) is 105 cm³/mol. The average Bonchev–Trinajstić information content (AvgIpc) is 2.98. The van der Waals surface area contributed by atoms with Gasteiger partial charge in [-0.15, -0.1) is 11.3 Å². The van der Waals surface area contributed by atoms with E-state index in [1.165, 1.54) is 16.3 Å². The van der Waals surface area contributed by atoms with Gasteiger partial charge in [0.1, 0.15) is 0 Å². The smallest absolute Gasteiger partial charge is 0.190 e. The fourth-order valence-corrected chi connectivity index (χ4v) is 5.06. The Kier molecular flexibility index (Phi) is 4.50. The highest BCUT2D eigenvalue weighted by molar-refractivity contribution is 7.11. The normalized spacial score (nSPS) is 24.0. The number of hydrogen-bond acceptors (Lipinski definition) is 3. The third-order valence-corrected chi connectivity index (χ3v) is 6.77. The molecule has 2 aliphatic rings. The second-order valence-corrected chi connectivity index (χ2v) is 8.42. The zero-order valence-electron chi connectivity index (χ0n) is 15.2. The van der Waals surface area contributed by atoms with Gasteiger partial charge in [-0.3, -0.25) is 4.99 Å². The van der Waals surface area contributed by atoms with Gasteiger partial charge < -0.3 is 10.6 Å². The van der Waals surface area contributed by atoms with Crippen molar-refractivity contribution in [2.75, 3.05) is 20.1 Å². The van der Waals surface area contributed by atoms with E-state index in [0.717, 1.165) is 48.9 Å². The summed E-state index contributed by atoms with van der Waals surface area (Å²) in [6.45, 7) is 6.09. The van der Waals surface area contributed by atoms with E-state index in [1.807, 2.05) is 7.05 Å². The number of guanidine groups is 1. The van der Waals surface area contributed by atoms with E-state index in [-0.39, 0.29) is 0 Å². The van der Waals surface area contributed by atoms with Crippen LogP contribution in [0.15, 0.2) is 29.3 Å². The minimum absolute atomic E-state index is 0.762. The maximum atomic E-state index is 4.60. The summed E-state index contributed by atoms with van der Waals surface area (Å²) in [6.07, 6.45) is 2.20. The van der Waals surface area contributed by atoms with Gasteiger partial charge in [0.2, 0.25) is 0 Å². The molecule has 4 nitrogen and oxygen atoms in total. The molecule has 1 fully saturated rings. The Labute approximate surface area is 153 Å². The van der Waals surface area contributed by atoms with Crippen molar-refractivity contribution in [3.05, 3.63) is 51.0 Å². The molecule has 1 heterocycles. The van der Waals surface area contributed by atoms with Crippen molar-refractivity contribution in [1.82, 2.24) is 15.6 Å². The first kappa shape index (κ1) is 16.6. The molecule has 132 valence electrons. The molecule has 2 N–H and O–H groups in total. The first-order valence-electron chi connectivity index (χ1n) is 9.12. The Morgan fingerprint density at radius 3 is 2.88 bits per heavy atom. The first-order chi connectivity index (χ1) is 12.2. The topological polar surface area (TPSA) is 49.3 Å². The van der Waals surface area contributed by atoms with Gasteiger partial charge in [0.15, 0.2) is 5.96 Å². The van der Waals surface area contributed by atoms with Crippen LogP contribution in [0.2, 0.25) is 0 Å². The Balaban J connectivity index is 1.23. The molecule has 1 saturated carbocycles. The fourth-order valence-electron chi connectivity index (χ4n) is 4.13. The SMILES string of the molecule is CN=C(NCCc1nc(C)c(C)s1)NCC1C2Cc3ccccc3C12. The lowest BCUT2D eigenvalue weighted by Gasteiger charge is -2.13. The Morgan fingerprint density at radius 2 is 2.12 bits per heavy atom. The van der Waals surface area contributed by atoms with E-state index in [0.29, 0.717) is 0 Å². The summed E-state index contributed by atoms with van der Waals surface area (Å²) in [4.78, 5) is 10.3. The van der Waals surface area contributed by atoms with Crippen molar-refractivity contribution in [3.63, 3.8) is 0 Å². The molecule has 25 heavy (non-hydrogen) atoms. The lowest BCUT2D eigenvalue weighted by atomic mass is 10.0. The van der Waals surface area contributed by atoms with Crippen LogP contribution in [0.4, 0.5) is 0 Å². The summed E-state index contributed by atoms with van der Waals surface area (Å²) in [5.74, 6) is 3.27. The van der Waals surface area contributed by atoms with Crippen LogP contribution in [0, 0.1) is 25.7 Å². The van der Waals surface area contributed by atoms with Crippen LogP contribution in [0.1, 0.15) is 32.6 Å². The van der Waals surface area contributed by atoms with Gasteiger partial charge in [-0.1, -0.05) is 24.3 Å². The summed E-state index contributed by atoms with van der Waals surface area (Å²) in [6, 6.07) is 8.93. The van der Waals surface area contributed by atoms with Gasteiger partial charge in [0.05, 0.1) is 10.7 Å². The second-order valence-electron chi connectivity index (χ2n) is 7.14. The summed E-state index contributed by atoms with van der Waals surface area (Å²) in [5.41, 5.74) is 4.30. The van der Waals surface area contributed by atoms with Crippen LogP contribution >= 0.6 is 11.3 Å². The molecule has 2 aromatic rings. The Morgan fingerprint density at radius 1 is 1.28 bits per heavy atom. The molecule has 0 saturated heterocycles. The number of benzene rings is 1. The predicted octanol–water partition coefficient (Wildman–Crippen LogP) is 3.05. The van der Waals surface area contributed by atoms with Crippen LogP contribution in [0.5, 0.6) is 0 Å². The molecule has 0 radical (unpaired) electrons. The molecular formula is C20H26N4S. The van der Waals surface area contributed by atoms with Crippen molar-refractivity contribution in [1.29, 1.82) is 0 Å². The van der Waals surface area contributed by atoms with Gasteiger partial charge >= 0.3 is 0 Å². The average molecular weight is 355 g/mol. The number of thiazole rings is 1. The molecule has 0 bridgehead atoms. The van der Waals surface area contributed by atoms with Crippen LogP contribution in [0.3, 0.4) is 0 Å². The molecule has 1 aromatic heterocycles. The monoisotopic (exact) mass is 354 g/mol. The summed E-state index contributed by atoms with van der Waals surface area (Å²) in [7, 11) is 1.84. The summed E-state index contributed by atoms with van der Waals surface area (Å²) < 4.78 is 0. The minimum atomic E-state index is 0.762. The molecule has 0 spiro atoms. The van der Waals surface area contributed by atoms with Gasteiger partial charge in [0.25, 0.3) is 0 Å². The molecule has 3 atom stereocenters. The zero-order valence-corrected chi connectivity index (χ0v) is 16.0. The van der Waals surface area contributed by atoms with Gasteiger partial charge in [-0.2, -0.15) is 0 Å². The number of fused-ring (bicyclic) bond motifs is 3. The summed E-state index contributed by atoms with van der Waals surface area (Å²) in [5, 5.41) is 8.14. The van der Waals surface area contributed by atoms with Crippen molar-refractivity contribution in [2.24, 2.45) is 16.8 Å². The maximum absolute atomic E-state index is 4.60. The van der Waals surface area contributed by atoms with E-state index >= 15 is 0 Å². The largest absolute Gasteiger partial charge is 0.356 e. The molecule has 0 amide bonds. The number of rotatable bonds is 5. The van der Waals surface area contributed by atoms with Crippen LogP contribution in [-0.2, 0) is 12.8 Å². The number of aliphatic imine (C=N–C) groups is 1. The quantitative estimate of drug-likeness (QED) is 0.641. The number of nitrogens with zero attached hydrogens (tertiary/aromatic N) is 2. The lowest BCUT2D eigenvalue weighted by Crippen LogP contribution is -2.39. The third-order valence-electron chi connectivity index (χ3n) is 5.63. The zero-order chi connectivity index (χ0) is 17.4. The number of aryl methyl sites for hydroxylation is 2. The van der Waals surface area contributed by atoms with E-state index in [4.69, 9.17) is 0 Å². The maximum Gasteiger partial charge on any atom is 0.190 e. The number of hydrogen-bond donors (Lipinski definition) is 2. The minimum Gasteiger partial charge on any atom is -0.356 e. The second kappa shape index (κ2) is 6.79. The summed E-state index contributed by atoms with van der Waals surface area (Å²) >= 11 is 1.80. The standard InChI is InChI=1S/C20H26N4S/c1-12-13(2)25-18(24-12)8-9-22-20(21-3)23-11-17-16-10-14-6-4-5-7-15(14)19(16)17/h4-7,16-17,19H,8-11H2,1-3H3,(H2,21,22,23). The van der Waals surface area contributed by atoms with Gasteiger partial charge in [-0.05, 0) is 49.1 Å². The lowest BCUT2D eigenvalue weighted by molar-refractivity contribution is 0.653. The van der Waals surface area contributed by atoms with Crippen molar-refractivity contribution >= 4 is 17.3 Å². The first-order valence-corrected chi connectivity index (χ1v) is 9.94. The van der Waals surface area contributed by atoms with Crippen molar-refractivity contribution in [3.8, 4) is 0 Å². The highest BCUT2D eigenvalue weighted by Crippen LogP contribution is 2.60. The van der Waals surface area contributed by atoms with Crippen LogP contribution in [0.25, 0.3) is 0 Å². The fraction of sp³-hybridized carbons (Fsp3) is 0.500. The van der Waals surface area contributed by atoms with E-state index in [9.17, 15) is 0 Å². The Bertz CT molecular complexity index is 775. The molecule has 5 heteroatoms. The number of aromatic nitrogens is 1. The van der Waals surface area contributed by atoms with Crippen molar-refractivity contribution in [2.45, 2.75) is 32.6 Å². The van der Waals surface area contributed by atoms with Crippen molar-refractivity contribution < 1.29 is 0 Å². The third kappa shape index (κ3) is 3.30. The molecule has 3 unspecified atom stereocenters. The number of nitrogens with one attached hydrogen (secondary N) is 2. The molecule has 1 aromatic carbocycles.